The highest BCUT2D eigenvalue weighted by atomic mass is 16.6. The summed E-state index contributed by atoms with van der Waals surface area (Å²) in [5.74, 6) is 1.39. The van der Waals surface area contributed by atoms with E-state index in [2.05, 4.69) is 11.9 Å². The second kappa shape index (κ2) is 7.66. The van der Waals surface area contributed by atoms with Crippen molar-refractivity contribution < 1.29 is 14.3 Å². The number of aromatic nitrogens is 1. The van der Waals surface area contributed by atoms with Crippen LogP contribution in [-0.2, 0) is 0 Å². The Morgan fingerprint density at radius 2 is 1.85 bits per heavy atom. The van der Waals surface area contributed by atoms with E-state index >= 15 is 0 Å². The SMILES string of the molecule is CCCN(CC1COc2ccccc2O1)C(=O)c1ccc2ccccc2n1. The van der Waals surface area contributed by atoms with Crippen LogP contribution < -0.4 is 9.47 Å². The third-order valence-corrected chi connectivity index (χ3v) is 4.59. The summed E-state index contributed by atoms with van der Waals surface area (Å²) in [6.45, 7) is 3.60. The van der Waals surface area contributed by atoms with E-state index in [1.165, 1.54) is 0 Å². The number of carbonyl (C=O) groups excluding carboxylic acids is 1. The van der Waals surface area contributed by atoms with Crippen molar-refractivity contribution in [2.24, 2.45) is 0 Å². The fourth-order valence-electron chi connectivity index (χ4n) is 3.29. The van der Waals surface area contributed by atoms with Gasteiger partial charge in [0.05, 0.1) is 12.1 Å². The third-order valence-electron chi connectivity index (χ3n) is 4.59. The van der Waals surface area contributed by atoms with Gasteiger partial charge in [-0.05, 0) is 30.7 Å². The van der Waals surface area contributed by atoms with Crippen LogP contribution >= 0.6 is 0 Å². The van der Waals surface area contributed by atoms with E-state index in [0.29, 0.717) is 25.4 Å². The summed E-state index contributed by atoms with van der Waals surface area (Å²) >= 11 is 0. The van der Waals surface area contributed by atoms with Gasteiger partial charge in [-0.15, -0.1) is 0 Å². The molecule has 138 valence electrons. The largest absolute Gasteiger partial charge is 0.486 e. The lowest BCUT2D eigenvalue weighted by molar-refractivity contribution is 0.0459. The molecule has 0 bridgehead atoms. The van der Waals surface area contributed by atoms with E-state index in [1.807, 2.05) is 54.6 Å². The zero-order valence-electron chi connectivity index (χ0n) is 15.3. The molecule has 0 radical (unpaired) electrons. The smallest absolute Gasteiger partial charge is 0.272 e. The molecule has 2 aromatic carbocycles. The first-order chi connectivity index (χ1) is 13.2. The van der Waals surface area contributed by atoms with Crippen molar-refractivity contribution >= 4 is 16.8 Å². The minimum absolute atomic E-state index is 0.0786. The minimum atomic E-state index is -0.198. The molecule has 3 aromatic rings. The minimum Gasteiger partial charge on any atom is -0.486 e. The summed E-state index contributed by atoms with van der Waals surface area (Å²) in [5, 5.41) is 1.02. The normalized spacial score (nSPS) is 15.5. The summed E-state index contributed by atoms with van der Waals surface area (Å²) in [6, 6.07) is 19.1. The molecule has 0 saturated carbocycles. The van der Waals surface area contributed by atoms with Crippen molar-refractivity contribution in [1.82, 2.24) is 9.88 Å². The van der Waals surface area contributed by atoms with Gasteiger partial charge in [-0.1, -0.05) is 43.3 Å². The number of benzene rings is 2. The number of amides is 1. The molecule has 0 aliphatic carbocycles. The molecule has 5 nitrogen and oxygen atoms in total. The second-order valence-corrected chi connectivity index (χ2v) is 6.64. The zero-order chi connectivity index (χ0) is 18.6. The molecule has 1 aromatic heterocycles. The van der Waals surface area contributed by atoms with Gasteiger partial charge in [0.2, 0.25) is 0 Å². The number of para-hydroxylation sites is 3. The molecular formula is C22H22N2O3. The van der Waals surface area contributed by atoms with Crippen LogP contribution in [0.25, 0.3) is 10.9 Å². The van der Waals surface area contributed by atoms with Gasteiger partial charge in [0, 0.05) is 11.9 Å². The standard InChI is InChI=1S/C22H22N2O3/c1-2-13-24(14-17-15-26-20-9-5-6-10-21(20)27-17)22(25)19-12-11-16-7-3-4-8-18(16)23-19/h3-12,17H,2,13-15H2,1H3. The predicted molar refractivity (Wildman–Crippen MR) is 104 cm³/mol. The molecule has 1 amide bonds. The van der Waals surface area contributed by atoms with Crippen molar-refractivity contribution in [1.29, 1.82) is 0 Å². The van der Waals surface area contributed by atoms with Crippen molar-refractivity contribution in [2.45, 2.75) is 19.4 Å². The second-order valence-electron chi connectivity index (χ2n) is 6.64. The van der Waals surface area contributed by atoms with Crippen molar-refractivity contribution in [2.75, 3.05) is 19.7 Å². The van der Waals surface area contributed by atoms with E-state index in [0.717, 1.165) is 28.8 Å². The maximum Gasteiger partial charge on any atom is 0.272 e. The van der Waals surface area contributed by atoms with Crippen molar-refractivity contribution in [3.63, 3.8) is 0 Å². The lowest BCUT2D eigenvalue weighted by Crippen LogP contribution is -2.44. The zero-order valence-corrected chi connectivity index (χ0v) is 15.3. The Bertz CT molecular complexity index is 957. The lowest BCUT2D eigenvalue weighted by Gasteiger charge is -2.31. The van der Waals surface area contributed by atoms with Crippen LogP contribution in [0.1, 0.15) is 23.8 Å². The summed E-state index contributed by atoms with van der Waals surface area (Å²) in [6.07, 6.45) is 0.666. The number of hydrogen-bond donors (Lipinski definition) is 0. The predicted octanol–water partition coefficient (Wildman–Crippen LogP) is 3.93. The molecule has 1 aliphatic heterocycles. The van der Waals surface area contributed by atoms with Gasteiger partial charge in [0.1, 0.15) is 12.3 Å². The molecule has 1 aliphatic rings. The van der Waals surface area contributed by atoms with Gasteiger partial charge >= 0.3 is 0 Å². The third kappa shape index (κ3) is 3.72. The molecule has 1 atom stereocenters. The quantitative estimate of drug-likeness (QED) is 0.690. The monoisotopic (exact) mass is 362 g/mol. The molecule has 4 rings (SSSR count). The average molecular weight is 362 g/mol. The molecule has 27 heavy (non-hydrogen) atoms. The summed E-state index contributed by atoms with van der Waals surface area (Å²) < 4.78 is 11.8. The van der Waals surface area contributed by atoms with Crippen LogP contribution in [-0.4, -0.2) is 41.6 Å². The Hall–Kier alpha value is -3.08. The Morgan fingerprint density at radius 3 is 2.70 bits per heavy atom. The Kier molecular flexibility index (Phi) is 4.92. The van der Waals surface area contributed by atoms with Crippen LogP contribution in [0.3, 0.4) is 0 Å². The van der Waals surface area contributed by atoms with Crippen LogP contribution in [0.4, 0.5) is 0 Å². The number of pyridine rings is 1. The Morgan fingerprint density at radius 1 is 1.07 bits per heavy atom. The van der Waals surface area contributed by atoms with Gasteiger partial charge in [-0.25, -0.2) is 4.98 Å². The number of hydrogen-bond acceptors (Lipinski definition) is 4. The highest BCUT2D eigenvalue weighted by molar-refractivity contribution is 5.94. The average Bonchev–Trinajstić information content (AvgIpc) is 2.72. The van der Waals surface area contributed by atoms with Gasteiger partial charge in [0.25, 0.3) is 5.91 Å². The van der Waals surface area contributed by atoms with E-state index < -0.39 is 0 Å². The first-order valence-electron chi connectivity index (χ1n) is 9.28. The molecular weight excluding hydrogens is 340 g/mol. The van der Waals surface area contributed by atoms with Gasteiger partial charge in [-0.2, -0.15) is 0 Å². The maximum atomic E-state index is 13.1. The van der Waals surface area contributed by atoms with Crippen molar-refractivity contribution in [3.05, 3.63) is 66.4 Å². The number of rotatable bonds is 5. The molecule has 0 spiro atoms. The number of nitrogens with zero attached hydrogens (tertiary/aromatic N) is 2. The fourth-order valence-corrected chi connectivity index (χ4v) is 3.29. The van der Waals surface area contributed by atoms with Crippen molar-refractivity contribution in [3.8, 4) is 11.5 Å². The van der Waals surface area contributed by atoms with Crippen LogP contribution in [0.15, 0.2) is 60.7 Å². The van der Waals surface area contributed by atoms with Crippen LogP contribution in [0.2, 0.25) is 0 Å². The van der Waals surface area contributed by atoms with Gasteiger partial charge < -0.3 is 14.4 Å². The Labute approximate surface area is 158 Å². The van der Waals surface area contributed by atoms with E-state index in [9.17, 15) is 4.79 Å². The lowest BCUT2D eigenvalue weighted by atomic mass is 10.2. The van der Waals surface area contributed by atoms with E-state index in [-0.39, 0.29) is 12.0 Å². The molecule has 0 saturated heterocycles. The molecule has 0 N–H and O–H groups in total. The highest BCUT2D eigenvalue weighted by Gasteiger charge is 2.26. The summed E-state index contributed by atoms with van der Waals surface area (Å²) in [7, 11) is 0. The van der Waals surface area contributed by atoms with Gasteiger partial charge in [0.15, 0.2) is 17.6 Å². The van der Waals surface area contributed by atoms with E-state index in [4.69, 9.17) is 9.47 Å². The van der Waals surface area contributed by atoms with Crippen LogP contribution in [0.5, 0.6) is 11.5 Å². The number of carbonyl (C=O) groups is 1. The maximum absolute atomic E-state index is 13.1. The fraction of sp³-hybridized carbons (Fsp3) is 0.273. The molecule has 2 heterocycles. The highest BCUT2D eigenvalue weighted by Crippen LogP contribution is 2.31. The first-order valence-corrected chi connectivity index (χ1v) is 9.28. The van der Waals surface area contributed by atoms with Crippen LogP contribution in [0, 0.1) is 0 Å². The topological polar surface area (TPSA) is 51.7 Å². The molecule has 0 fully saturated rings. The van der Waals surface area contributed by atoms with E-state index in [1.54, 1.807) is 11.0 Å². The summed E-state index contributed by atoms with van der Waals surface area (Å²) in [5.41, 5.74) is 1.28. The summed E-state index contributed by atoms with van der Waals surface area (Å²) in [4.78, 5) is 19.4. The first kappa shape index (κ1) is 17.3. The molecule has 5 heteroatoms. The van der Waals surface area contributed by atoms with Gasteiger partial charge in [-0.3, -0.25) is 4.79 Å². The number of ether oxygens (including phenoxy) is 2. The molecule has 1 unspecified atom stereocenters. The Balaban J connectivity index is 1.52. The number of fused-ring (bicyclic) bond motifs is 2.